The van der Waals surface area contributed by atoms with Crippen LogP contribution in [0.3, 0.4) is 0 Å². The van der Waals surface area contributed by atoms with Crippen molar-refractivity contribution in [3.05, 3.63) is 126 Å². The number of anilines is 2. The van der Waals surface area contributed by atoms with E-state index in [1.807, 2.05) is 96.0 Å². The number of ether oxygens (including phenoxy) is 3. The Morgan fingerprint density at radius 1 is 0.914 bits per heavy atom. The number of aliphatic hydroxyl groups is 1. The first-order valence-corrected chi connectivity index (χ1v) is 23.0. The normalized spacial score (nSPS) is 21.8. The van der Waals surface area contributed by atoms with Crippen LogP contribution in [0.5, 0.6) is 11.5 Å². The summed E-state index contributed by atoms with van der Waals surface area (Å²) in [5.74, 6) is 1.03. The van der Waals surface area contributed by atoms with E-state index in [4.69, 9.17) is 19.3 Å². The van der Waals surface area contributed by atoms with Gasteiger partial charge in [0.25, 0.3) is 5.91 Å². The topological polar surface area (TPSA) is 132 Å². The third-order valence-electron chi connectivity index (χ3n) is 12.3. The van der Waals surface area contributed by atoms with Crippen LogP contribution in [-0.2, 0) is 39.4 Å². The van der Waals surface area contributed by atoms with E-state index in [0.29, 0.717) is 43.7 Å². The number of aromatic nitrogens is 3. The average Bonchev–Trinajstić information content (AvgIpc) is 3.90. The molecule has 13 heteroatoms. The molecule has 0 aliphatic carbocycles. The molecule has 12 nitrogen and oxygen atoms in total. The maximum absolute atomic E-state index is 15.4. The fraction of sp³-hybridized carbons (Fsp3) is 0.356. The molecule has 0 saturated carbocycles. The highest BCUT2D eigenvalue weighted by Gasteiger charge is 2.66. The van der Waals surface area contributed by atoms with E-state index in [0.717, 1.165) is 39.5 Å². The summed E-state index contributed by atoms with van der Waals surface area (Å²) in [6, 6.07) is 31.8. The number of hydrogen-bond donors (Lipinski definition) is 1. The lowest BCUT2D eigenvalue weighted by atomic mass is 9.82. The number of nitrogens with zero attached hydrogens (tertiary/aromatic N) is 6. The molecule has 0 unspecified atom stereocenters. The lowest BCUT2D eigenvalue weighted by Crippen LogP contribution is -2.51. The van der Waals surface area contributed by atoms with Gasteiger partial charge >= 0.3 is 0 Å². The van der Waals surface area contributed by atoms with Crippen molar-refractivity contribution in [2.45, 2.75) is 76.0 Å². The number of amides is 2. The second kappa shape index (κ2) is 16.0. The number of carbonyl (C=O) groups is 2. The Morgan fingerprint density at radius 2 is 1.67 bits per heavy atom. The van der Waals surface area contributed by atoms with Gasteiger partial charge in [-0.15, -0.1) is 5.10 Å². The zero-order chi connectivity index (χ0) is 40.6. The van der Waals surface area contributed by atoms with Crippen LogP contribution in [0.15, 0.2) is 108 Å². The summed E-state index contributed by atoms with van der Waals surface area (Å²) in [5.41, 5.74) is 4.39. The lowest BCUT2D eigenvalue weighted by molar-refractivity contribution is -0.146. The highest BCUT2D eigenvalue weighted by molar-refractivity contribution is 6.91. The largest absolute Gasteiger partial charge is 0.497 e. The van der Waals surface area contributed by atoms with E-state index in [1.165, 1.54) is 10.2 Å². The fourth-order valence-electron chi connectivity index (χ4n) is 9.34. The molecule has 2 amide bonds. The minimum atomic E-state index is -2.39. The highest BCUT2D eigenvalue weighted by atomic mass is 28.3. The first-order valence-electron chi connectivity index (χ1n) is 19.9. The smallest absolute Gasteiger partial charge is 0.264 e. The Morgan fingerprint density at radius 3 is 2.41 bits per heavy atom. The molecule has 1 fully saturated rings. The average molecular weight is 799 g/mol. The molecule has 0 radical (unpaired) electrons. The number of rotatable bonds is 13. The Bertz CT molecular complexity index is 2330. The molecule has 3 aliphatic rings. The SMILES string of the molecule is COc1ccc([Si](C)(C)[C@@H]2[C@@H](CCn3cc(CCO)nn3)O[C@]3(C(=O)N(Cc4cccc(N5N=C(c6ccccc6)CCC5=O)c4)c4ccc(OC)cc43)[C@H]2C)cc1. The summed E-state index contributed by atoms with van der Waals surface area (Å²) in [7, 11) is 0.913. The first-order chi connectivity index (χ1) is 28.1. The third kappa shape index (κ3) is 7.01. The van der Waals surface area contributed by atoms with Crippen molar-refractivity contribution in [1.82, 2.24) is 15.0 Å². The van der Waals surface area contributed by atoms with E-state index >= 15 is 4.79 Å². The molecular formula is C45H50N6O6Si. The number of benzene rings is 4. The summed E-state index contributed by atoms with van der Waals surface area (Å²) in [5, 5.41) is 25.6. The molecule has 1 N–H and O–H groups in total. The standard InChI is InChI=1S/C45H50N6O6Si/c1-30-43(58(4,5)37-17-14-35(55-2)15-18-37)41(22-24-49-29-33(23-25-52)46-48-49)57-45(30)38-27-36(56-3)16-20-40(38)50(44(45)54)28-31-10-9-13-34(26-31)51-42(53)21-19-39(47-51)32-11-7-6-8-12-32/h6-18,20,26-27,29-30,41,43,52H,19,21-25,28H2,1-5H3/t30-,41+,43-,45+/m0/s1. The van der Waals surface area contributed by atoms with Crippen LogP contribution in [0.25, 0.3) is 0 Å². The summed E-state index contributed by atoms with van der Waals surface area (Å²) in [6.45, 7) is 7.70. The molecule has 3 aliphatic heterocycles. The summed E-state index contributed by atoms with van der Waals surface area (Å²) >= 11 is 0. The van der Waals surface area contributed by atoms with Gasteiger partial charge in [0.1, 0.15) is 11.5 Å². The number of methoxy groups -OCH3 is 2. The zero-order valence-corrected chi connectivity index (χ0v) is 34.7. The molecule has 4 aromatic carbocycles. The molecular weight excluding hydrogens is 749 g/mol. The van der Waals surface area contributed by atoms with Gasteiger partial charge in [0.15, 0.2) is 5.60 Å². The predicted octanol–water partition coefficient (Wildman–Crippen LogP) is 6.21. The van der Waals surface area contributed by atoms with Crippen molar-refractivity contribution in [3.8, 4) is 11.5 Å². The quantitative estimate of drug-likeness (QED) is 0.139. The fourth-order valence-corrected chi connectivity index (χ4v) is 13.4. The molecule has 4 atom stereocenters. The highest BCUT2D eigenvalue weighted by Crippen LogP contribution is 2.60. The van der Waals surface area contributed by atoms with Gasteiger partial charge in [0.2, 0.25) is 5.91 Å². The van der Waals surface area contributed by atoms with Crippen molar-refractivity contribution in [1.29, 1.82) is 0 Å². The van der Waals surface area contributed by atoms with Crippen molar-refractivity contribution in [2.24, 2.45) is 11.0 Å². The van der Waals surface area contributed by atoms with Gasteiger partial charge in [-0.2, -0.15) is 5.10 Å². The lowest BCUT2D eigenvalue weighted by Gasteiger charge is -2.37. The van der Waals surface area contributed by atoms with Crippen molar-refractivity contribution in [3.63, 3.8) is 0 Å². The van der Waals surface area contributed by atoms with Gasteiger partial charge in [0.05, 0.1) is 57.7 Å². The van der Waals surface area contributed by atoms with Crippen LogP contribution in [0.4, 0.5) is 11.4 Å². The van der Waals surface area contributed by atoms with Gasteiger partial charge in [-0.25, -0.2) is 5.01 Å². The number of aryl methyl sites for hydroxylation is 1. The molecule has 1 spiro atoms. The molecule has 58 heavy (non-hydrogen) atoms. The van der Waals surface area contributed by atoms with Crippen LogP contribution in [-0.4, -0.2) is 72.6 Å². The van der Waals surface area contributed by atoms with Gasteiger partial charge < -0.3 is 24.2 Å². The number of aliphatic hydroxyl groups excluding tert-OH is 1. The number of fused-ring (bicyclic) bond motifs is 2. The van der Waals surface area contributed by atoms with Crippen LogP contribution in [0, 0.1) is 5.92 Å². The Hall–Kier alpha value is -5.63. The molecule has 5 aromatic rings. The Balaban J connectivity index is 1.16. The first kappa shape index (κ1) is 39.2. The summed E-state index contributed by atoms with van der Waals surface area (Å²) < 4.78 is 20.4. The maximum Gasteiger partial charge on any atom is 0.264 e. The van der Waals surface area contributed by atoms with Crippen molar-refractivity contribution < 1.29 is 28.9 Å². The number of hydrogen-bond acceptors (Lipinski definition) is 9. The van der Waals surface area contributed by atoms with E-state index in [-0.39, 0.29) is 42.5 Å². The minimum absolute atomic E-state index is 0.000523. The minimum Gasteiger partial charge on any atom is -0.497 e. The summed E-state index contributed by atoms with van der Waals surface area (Å²) in [6.07, 6.45) is 3.54. The second-order valence-electron chi connectivity index (χ2n) is 16.0. The molecule has 1 saturated heterocycles. The van der Waals surface area contributed by atoms with Crippen LogP contribution < -0.4 is 24.6 Å². The van der Waals surface area contributed by atoms with Gasteiger partial charge in [-0.05, 0) is 65.6 Å². The number of hydrazone groups is 1. The third-order valence-corrected chi connectivity index (χ3v) is 16.6. The van der Waals surface area contributed by atoms with Crippen molar-refractivity contribution >= 4 is 42.2 Å². The van der Waals surface area contributed by atoms with Crippen LogP contribution in [0.2, 0.25) is 18.6 Å². The van der Waals surface area contributed by atoms with E-state index in [1.54, 1.807) is 18.9 Å². The van der Waals surface area contributed by atoms with Crippen molar-refractivity contribution in [2.75, 3.05) is 30.7 Å². The molecule has 4 heterocycles. The Kier molecular flexibility index (Phi) is 10.8. The Labute approximate surface area is 340 Å². The van der Waals surface area contributed by atoms with Crippen LogP contribution in [0.1, 0.15) is 48.6 Å². The second-order valence-corrected chi connectivity index (χ2v) is 20.6. The van der Waals surface area contributed by atoms with Crippen LogP contribution >= 0.6 is 0 Å². The zero-order valence-electron chi connectivity index (χ0n) is 33.7. The maximum atomic E-state index is 15.4. The van der Waals surface area contributed by atoms with E-state index in [9.17, 15) is 9.90 Å². The van der Waals surface area contributed by atoms with E-state index in [2.05, 4.69) is 42.5 Å². The number of carbonyl (C=O) groups excluding carboxylic acids is 2. The monoisotopic (exact) mass is 798 g/mol. The van der Waals surface area contributed by atoms with Gasteiger partial charge in [-0.3, -0.25) is 14.3 Å². The molecule has 300 valence electrons. The molecule has 0 bridgehead atoms. The molecule has 8 rings (SSSR count). The van der Waals surface area contributed by atoms with Gasteiger partial charge in [-0.1, -0.05) is 85.0 Å². The van der Waals surface area contributed by atoms with Gasteiger partial charge in [0, 0.05) is 50.1 Å². The molecule has 1 aromatic heterocycles. The predicted molar refractivity (Wildman–Crippen MR) is 225 cm³/mol. The van der Waals surface area contributed by atoms with E-state index < -0.39 is 13.7 Å². The summed E-state index contributed by atoms with van der Waals surface area (Å²) in [4.78, 5) is 30.5.